The molecular formula is C8H17NO3. The minimum Gasteiger partial charge on any atom is -0.468 e. The lowest BCUT2D eigenvalue weighted by molar-refractivity contribution is -0.147. The molecule has 0 saturated heterocycles. The van der Waals surface area contributed by atoms with Gasteiger partial charge < -0.3 is 15.2 Å². The Morgan fingerprint density at radius 1 is 1.58 bits per heavy atom. The number of methoxy groups -OCH3 is 1. The molecule has 4 nitrogen and oxygen atoms in total. The molecule has 0 aromatic rings. The number of hydrogen-bond acceptors (Lipinski definition) is 4. The summed E-state index contributed by atoms with van der Waals surface area (Å²) in [6.07, 6.45) is 0.480. The third-order valence-electron chi connectivity index (χ3n) is 1.62. The van der Waals surface area contributed by atoms with Crippen LogP contribution in [0.4, 0.5) is 0 Å². The van der Waals surface area contributed by atoms with Crippen molar-refractivity contribution in [3.63, 3.8) is 0 Å². The quantitative estimate of drug-likeness (QED) is 0.482. The zero-order valence-electron chi connectivity index (χ0n) is 7.92. The van der Waals surface area contributed by atoms with Crippen LogP contribution in [0.1, 0.15) is 20.3 Å². The fourth-order valence-corrected chi connectivity index (χ4v) is 0.764. The summed E-state index contributed by atoms with van der Waals surface area (Å²) in [6.45, 7) is 4.65. The van der Waals surface area contributed by atoms with Crippen LogP contribution < -0.4 is 5.73 Å². The van der Waals surface area contributed by atoms with Crippen LogP contribution in [0.2, 0.25) is 0 Å². The van der Waals surface area contributed by atoms with Crippen LogP contribution in [0.3, 0.4) is 0 Å². The van der Waals surface area contributed by atoms with Gasteiger partial charge in [0.05, 0.1) is 7.11 Å². The molecule has 0 aromatic heterocycles. The van der Waals surface area contributed by atoms with Crippen LogP contribution in [0, 0.1) is 0 Å². The minimum absolute atomic E-state index is 0.401. The van der Waals surface area contributed by atoms with Gasteiger partial charge >= 0.3 is 5.97 Å². The molecule has 0 saturated carbocycles. The monoisotopic (exact) mass is 175 g/mol. The summed E-state index contributed by atoms with van der Waals surface area (Å²) in [7, 11) is 1.33. The predicted octanol–water partition coefficient (Wildman–Crippen LogP) is 0.303. The Hall–Kier alpha value is -0.610. The molecule has 1 atom stereocenters. The normalized spacial score (nSPS) is 15.3. The Morgan fingerprint density at radius 3 is 2.58 bits per heavy atom. The van der Waals surface area contributed by atoms with Crippen molar-refractivity contribution in [2.75, 3.05) is 20.3 Å². The molecule has 0 radical (unpaired) electrons. The van der Waals surface area contributed by atoms with E-state index in [1.807, 2.05) is 6.92 Å². The molecule has 72 valence electrons. The lowest BCUT2D eigenvalue weighted by Gasteiger charge is -2.20. The van der Waals surface area contributed by atoms with Crippen molar-refractivity contribution in [2.45, 2.75) is 25.8 Å². The Balaban J connectivity index is 3.78. The molecule has 0 aliphatic heterocycles. The van der Waals surface area contributed by atoms with Crippen molar-refractivity contribution in [3.8, 4) is 0 Å². The van der Waals surface area contributed by atoms with E-state index in [-0.39, 0.29) is 0 Å². The topological polar surface area (TPSA) is 61.5 Å². The van der Waals surface area contributed by atoms with Gasteiger partial charge in [0.25, 0.3) is 0 Å². The van der Waals surface area contributed by atoms with E-state index in [1.54, 1.807) is 6.92 Å². The fourth-order valence-electron chi connectivity index (χ4n) is 0.764. The zero-order chi connectivity index (χ0) is 9.61. The lowest BCUT2D eigenvalue weighted by Crippen LogP contribution is -2.46. The minimum atomic E-state index is -0.927. The summed E-state index contributed by atoms with van der Waals surface area (Å²) in [4.78, 5) is 11.0. The summed E-state index contributed by atoms with van der Waals surface area (Å²) in [5.74, 6) is -0.401. The summed E-state index contributed by atoms with van der Waals surface area (Å²) in [5, 5.41) is 0. The third kappa shape index (κ3) is 3.69. The Morgan fingerprint density at radius 2 is 2.17 bits per heavy atom. The smallest absolute Gasteiger partial charge is 0.325 e. The first-order valence-corrected chi connectivity index (χ1v) is 3.99. The highest BCUT2D eigenvalue weighted by atomic mass is 16.5. The number of carbonyl (C=O) groups is 1. The van der Waals surface area contributed by atoms with Gasteiger partial charge in [-0.15, -0.1) is 0 Å². The summed E-state index contributed by atoms with van der Waals surface area (Å²) in [6, 6.07) is 0. The van der Waals surface area contributed by atoms with E-state index in [9.17, 15) is 4.79 Å². The largest absolute Gasteiger partial charge is 0.468 e. The van der Waals surface area contributed by atoms with E-state index >= 15 is 0 Å². The van der Waals surface area contributed by atoms with Gasteiger partial charge in [-0.05, 0) is 20.3 Å². The molecular weight excluding hydrogens is 158 g/mol. The summed E-state index contributed by atoms with van der Waals surface area (Å²) >= 11 is 0. The average Bonchev–Trinajstić information content (AvgIpc) is 2.03. The highest BCUT2D eigenvalue weighted by Crippen LogP contribution is 2.07. The van der Waals surface area contributed by atoms with E-state index in [2.05, 4.69) is 4.74 Å². The summed E-state index contributed by atoms with van der Waals surface area (Å²) < 4.78 is 9.60. The van der Waals surface area contributed by atoms with Gasteiger partial charge in [0.2, 0.25) is 0 Å². The Kier molecular flexibility index (Phi) is 4.85. The van der Waals surface area contributed by atoms with Crippen molar-refractivity contribution in [1.82, 2.24) is 0 Å². The van der Waals surface area contributed by atoms with Gasteiger partial charge in [0.15, 0.2) is 0 Å². The van der Waals surface area contributed by atoms with E-state index in [1.165, 1.54) is 7.11 Å². The highest BCUT2D eigenvalue weighted by Gasteiger charge is 2.28. The van der Waals surface area contributed by atoms with E-state index < -0.39 is 11.5 Å². The van der Waals surface area contributed by atoms with E-state index in [0.29, 0.717) is 19.6 Å². The Labute approximate surface area is 73.0 Å². The fraction of sp³-hybridized carbons (Fsp3) is 0.875. The number of hydrogen-bond donors (Lipinski definition) is 1. The maximum atomic E-state index is 11.0. The molecule has 0 aliphatic carbocycles. The van der Waals surface area contributed by atoms with Gasteiger partial charge in [-0.1, -0.05) is 0 Å². The second-order valence-corrected chi connectivity index (χ2v) is 2.86. The molecule has 0 aliphatic rings. The first-order valence-electron chi connectivity index (χ1n) is 3.99. The van der Waals surface area contributed by atoms with Gasteiger partial charge in [-0.2, -0.15) is 0 Å². The van der Waals surface area contributed by atoms with Crippen molar-refractivity contribution in [2.24, 2.45) is 5.73 Å². The zero-order valence-corrected chi connectivity index (χ0v) is 7.92. The van der Waals surface area contributed by atoms with E-state index in [0.717, 1.165) is 0 Å². The second kappa shape index (κ2) is 5.11. The predicted molar refractivity (Wildman–Crippen MR) is 45.7 cm³/mol. The van der Waals surface area contributed by atoms with Crippen LogP contribution in [0.25, 0.3) is 0 Å². The summed E-state index contributed by atoms with van der Waals surface area (Å²) in [5.41, 5.74) is 4.73. The van der Waals surface area contributed by atoms with Gasteiger partial charge in [-0.3, -0.25) is 4.79 Å². The first kappa shape index (κ1) is 11.4. The molecule has 0 amide bonds. The SMILES string of the molecule is CCOCCC(C)(N)C(=O)OC. The number of carbonyl (C=O) groups excluding carboxylic acids is 1. The molecule has 1 unspecified atom stereocenters. The lowest BCUT2D eigenvalue weighted by atomic mass is 10.0. The number of ether oxygens (including phenoxy) is 2. The molecule has 12 heavy (non-hydrogen) atoms. The molecule has 2 N–H and O–H groups in total. The van der Waals surface area contributed by atoms with Crippen LogP contribution in [-0.2, 0) is 14.3 Å². The molecule has 0 fully saturated rings. The van der Waals surface area contributed by atoms with Gasteiger partial charge in [0, 0.05) is 13.2 Å². The standard InChI is InChI=1S/C8H17NO3/c1-4-12-6-5-8(2,9)7(10)11-3/h4-6,9H2,1-3H3. The molecule has 0 rings (SSSR count). The van der Waals surface area contributed by atoms with Crippen molar-refractivity contribution in [1.29, 1.82) is 0 Å². The van der Waals surface area contributed by atoms with Crippen molar-refractivity contribution in [3.05, 3.63) is 0 Å². The van der Waals surface area contributed by atoms with Crippen molar-refractivity contribution < 1.29 is 14.3 Å². The van der Waals surface area contributed by atoms with Crippen LogP contribution in [-0.4, -0.2) is 31.8 Å². The van der Waals surface area contributed by atoms with Gasteiger partial charge in [0.1, 0.15) is 5.54 Å². The van der Waals surface area contributed by atoms with Crippen LogP contribution in [0.5, 0.6) is 0 Å². The van der Waals surface area contributed by atoms with Crippen LogP contribution in [0.15, 0.2) is 0 Å². The number of esters is 1. The molecule has 0 aromatic carbocycles. The molecule has 0 bridgehead atoms. The number of nitrogens with two attached hydrogens (primary N) is 1. The second-order valence-electron chi connectivity index (χ2n) is 2.86. The Bertz CT molecular complexity index is 145. The average molecular weight is 175 g/mol. The number of rotatable bonds is 5. The van der Waals surface area contributed by atoms with E-state index in [4.69, 9.17) is 10.5 Å². The van der Waals surface area contributed by atoms with Crippen molar-refractivity contribution >= 4 is 5.97 Å². The van der Waals surface area contributed by atoms with Gasteiger partial charge in [-0.25, -0.2) is 0 Å². The first-order chi connectivity index (χ1) is 5.54. The molecule has 0 heterocycles. The molecule has 4 heteroatoms. The third-order valence-corrected chi connectivity index (χ3v) is 1.62. The maximum absolute atomic E-state index is 11.0. The molecule has 0 spiro atoms. The maximum Gasteiger partial charge on any atom is 0.325 e. The van der Waals surface area contributed by atoms with Crippen LogP contribution >= 0.6 is 0 Å². The highest BCUT2D eigenvalue weighted by molar-refractivity contribution is 5.79.